The van der Waals surface area contributed by atoms with Crippen LogP contribution in [0, 0.1) is 0 Å². The van der Waals surface area contributed by atoms with Gasteiger partial charge in [-0.3, -0.25) is 24.0 Å². The third-order valence-corrected chi connectivity index (χ3v) is 7.05. The number of amides is 3. The fourth-order valence-electron chi connectivity index (χ4n) is 4.48. The lowest BCUT2D eigenvalue weighted by atomic mass is 10.1. The predicted octanol–water partition coefficient (Wildman–Crippen LogP) is 4.27. The van der Waals surface area contributed by atoms with Crippen LogP contribution in [0.2, 0.25) is 0 Å². The summed E-state index contributed by atoms with van der Waals surface area (Å²) < 4.78 is 21.2. The Labute approximate surface area is 297 Å². The van der Waals surface area contributed by atoms with E-state index in [1.165, 1.54) is 0 Å². The van der Waals surface area contributed by atoms with Gasteiger partial charge >= 0.3 is 24.0 Å². The number of benzene rings is 3. The Balaban J connectivity index is 1.66. The fourth-order valence-corrected chi connectivity index (χ4v) is 4.48. The molecule has 272 valence electrons. The van der Waals surface area contributed by atoms with E-state index >= 15 is 0 Å². The van der Waals surface area contributed by atoms with Crippen molar-refractivity contribution in [2.75, 3.05) is 6.54 Å². The van der Waals surface area contributed by atoms with Crippen LogP contribution < -0.4 is 16.0 Å². The van der Waals surface area contributed by atoms with Gasteiger partial charge in [-0.15, -0.1) is 0 Å². The van der Waals surface area contributed by atoms with Gasteiger partial charge in [0.1, 0.15) is 44.1 Å². The maximum atomic E-state index is 13.6. The van der Waals surface area contributed by atoms with E-state index in [1.54, 1.807) is 93.6 Å². The van der Waals surface area contributed by atoms with Gasteiger partial charge in [-0.25, -0.2) is 4.79 Å². The highest BCUT2D eigenvalue weighted by atomic mass is 16.6. The monoisotopic (exact) mass is 703 g/mol. The number of hydrogen-bond acceptors (Lipinski definition) is 10. The summed E-state index contributed by atoms with van der Waals surface area (Å²) in [5.41, 5.74) is 1.40. The zero-order chi connectivity index (χ0) is 37.1. The van der Waals surface area contributed by atoms with Gasteiger partial charge in [-0.1, -0.05) is 91.0 Å². The fraction of sp³-hybridized carbons (Fsp3) is 0.368. The highest BCUT2D eigenvalue weighted by molar-refractivity contribution is 5.93. The van der Waals surface area contributed by atoms with Crippen LogP contribution in [0.5, 0.6) is 0 Å². The molecule has 3 amide bonds. The molecule has 0 spiro atoms. The van der Waals surface area contributed by atoms with Gasteiger partial charge < -0.3 is 34.9 Å². The van der Waals surface area contributed by atoms with Crippen LogP contribution in [0.25, 0.3) is 0 Å². The van der Waals surface area contributed by atoms with Crippen molar-refractivity contribution in [1.82, 2.24) is 16.0 Å². The average molecular weight is 704 g/mol. The molecule has 0 fully saturated rings. The lowest BCUT2D eigenvalue weighted by Crippen LogP contribution is -2.54. The molecule has 2 atom stereocenters. The van der Waals surface area contributed by atoms with Crippen molar-refractivity contribution in [2.45, 2.75) is 84.0 Å². The zero-order valence-corrected chi connectivity index (χ0v) is 29.1. The molecule has 0 aromatic heterocycles. The molecule has 3 aromatic carbocycles. The van der Waals surface area contributed by atoms with Gasteiger partial charge in [0.15, 0.2) is 0 Å². The maximum absolute atomic E-state index is 13.6. The molecule has 3 rings (SSSR count). The molecule has 0 aliphatic heterocycles. The minimum atomic E-state index is -1.34. The van der Waals surface area contributed by atoms with Crippen LogP contribution in [0.1, 0.15) is 63.1 Å². The average Bonchev–Trinajstić information content (AvgIpc) is 3.11. The van der Waals surface area contributed by atoms with Crippen LogP contribution in [0.3, 0.4) is 0 Å². The highest BCUT2D eigenvalue weighted by Crippen LogP contribution is 2.11. The first-order valence-electron chi connectivity index (χ1n) is 16.5. The molecule has 13 heteroatoms. The van der Waals surface area contributed by atoms with E-state index in [0.717, 1.165) is 16.7 Å². The number of carbonyl (C=O) groups excluding carboxylic acids is 6. The molecule has 51 heavy (non-hydrogen) atoms. The van der Waals surface area contributed by atoms with Crippen molar-refractivity contribution in [3.05, 3.63) is 108 Å². The third kappa shape index (κ3) is 16.5. The van der Waals surface area contributed by atoms with Gasteiger partial charge in [-0.05, 0) is 50.3 Å². The number of carbonyl (C=O) groups is 6. The van der Waals surface area contributed by atoms with Crippen LogP contribution >= 0.6 is 0 Å². The Morgan fingerprint density at radius 3 is 1.35 bits per heavy atom. The molecular weight excluding hydrogens is 658 g/mol. The van der Waals surface area contributed by atoms with Gasteiger partial charge in [0.2, 0.25) is 11.8 Å². The minimum Gasteiger partial charge on any atom is -0.461 e. The van der Waals surface area contributed by atoms with Gasteiger partial charge in [0.25, 0.3) is 0 Å². The van der Waals surface area contributed by atoms with Crippen LogP contribution in [-0.2, 0) is 62.7 Å². The lowest BCUT2D eigenvalue weighted by Gasteiger charge is -2.25. The number of nitrogens with one attached hydrogen (secondary N) is 3. The largest absolute Gasteiger partial charge is 0.461 e. The lowest BCUT2D eigenvalue weighted by molar-refractivity contribution is -0.147. The molecule has 0 saturated carbocycles. The van der Waals surface area contributed by atoms with E-state index in [4.69, 9.17) is 18.9 Å². The van der Waals surface area contributed by atoms with E-state index < -0.39 is 60.0 Å². The van der Waals surface area contributed by atoms with Crippen molar-refractivity contribution in [3.63, 3.8) is 0 Å². The van der Waals surface area contributed by atoms with E-state index in [9.17, 15) is 28.8 Å². The Morgan fingerprint density at radius 1 is 0.549 bits per heavy atom. The quantitative estimate of drug-likeness (QED) is 0.128. The third-order valence-electron chi connectivity index (χ3n) is 7.05. The van der Waals surface area contributed by atoms with Gasteiger partial charge in [-0.2, -0.15) is 0 Å². The highest BCUT2D eigenvalue weighted by Gasteiger charge is 2.30. The summed E-state index contributed by atoms with van der Waals surface area (Å²) in [5, 5.41) is 7.43. The molecule has 3 aromatic rings. The Bertz CT molecular complexity index is 1580. The van der Waals surface area contributed by atoms with Crippen LogP contribution in [0.15, 0.2) is 91.0 Å². The first-order chi connectivity index (χ1) is 24.4. The number of alkyl carbamates (subject to hydrolysis) is 1. The molecule has 0 aliphatic rings. The first-order valence-corrected chi connectivity index (χ1v) is 16.5. The molecule has 13 nitrogen and oxygen atoms in total. The zero-order valence-electron chi connectivity index (χ0n) is 29.1. The molecule has 0 heterocycles. The minimum absolute atomic E-state index is 0.00520. The van der Waals surface area contributed by atoms with E-state index in [0.29, 0.717) is 0 Å². The molecule has 2 unspecified atom stereocenters. The number of hydrogen-bond donors (Lipinski definition) is 3. The maximum Gasteiger partial charge on any atom is 0.408 e. The standard InChI is InChI=1S/C38H45N3O10/c1-38(2,3)51-37(47)41-31(20-22-33(43)49-25-28-15-9-5-10-16-28)36(46)40-30(19-21-32(42)48-24-27-13-7-4-8-14-27)35(45)39-23-34(44)50-26-29-17-11-6-12-18-29/h4-18,30-31H,19-26H2,1-3H3,(H,39,45)(H,40,46)(H,41,47). The summed E-state index contributed by atoms with van der Waals surface area (Å²) in [6, 6.07) is 24.3. The summed E-state index contributed by atoms with van der Waals surface area (Å²) in [6.45, 7) is 4.45. The normalized spacial score (nSPS) is 12.0. The van der Waals surface area contributed by atoms with Crippen molar-refractivity contribution in [1.29, 1.82) is 0 Å². The van der Waals surface area contributed by atoms with Crippen molar-refractivity contribution >= 4 is 35.8 Å². The van der Waals surface area contributed by atoms with Gasteiger partial charge in [0, 0.05) is 12.8 Å². The second kappa shape index (κ2) is 20.7. The first kappa shape index (κ1) is 39.7. The number of ether oxygens (including phenoxy) is 4. The van der Waals surface area contributed by atoms with Gasteiger partial charge in [0.05, 0.1) is 0 Å². The summed E-state index contributed by atoms with van der Waals surface area (Å²) in [4.78, 5) is 77.1. The molecule has 3 N–H and O–H groups in total. The second-order valence-corrected chi connectivity index (χ2v) is 12.5. The summed E-state index contributed by atoms with van der Waals surface area (Å²) in [5.74, 6) is -3.58. The Morgan fingerprint density at radius 2 is 0.941 bits per heavy atom. The SMILES string of the molecule is CC(C)(C)OC(=O)NC(CCC(=O)OCc1ccccc1)C(=O)NC(CCC(=O)OCc1ccccc1)C(=O)NCC(=O)OCc1ccccc1. The molecule has 0 saturated heterocycles. The Kier molecular flexibility index (Phi) is 16.1. The Hall–Kier alpha value is -5.72. The smallest absolute Gasteiger partial charge is 0.408 e. The summed E-state index contributed by atoms with van der Waals surface area (Å²) >= 11 is 0. The van der Waals surface area contributed by atoms with Crippen LogP contribution in [-0.4, -0.2) is 60.0 Å². The summed E-state index contributed by atoms with van der Waals surface area (Å²) in [7, 11) is 0. The molecular formula is C38H45N3O10. The predicted molar refractivity (Wildman–Crippen MR) is 185 cm³/mol. The van der Waals surface area contributed by atoms with E-state index in [1.807, 2.05) is 18.2 Å². The summed E-state index contributed by atoms with van der Waals surface area (Å²) in [6.07, 6.45) is -1.84. The van der Waals surface area contributed by atoms with E-state index in [-0.39, 0.29) is 45.5 Å². The number of esters is 3. The van der Waals surface area contributed by atoms with Crippen LogP contribution in [0.4, 0.5) is 4.79 Å². The number of rotatable bonds is 18. The molecule has 0 radical (unpaired) electrons. The topological polar surface area (TPSA) is 175 Å². The van der Waals surface area contributed by atoms with Crippen molar-refractivity contribution < 1.29 is 47.7 Å². The van der Waals surface area contributed by atoms with Crippen molar-refractivity contribution in [3.8, 4) is 0 Å². The van der Waals surface area contributed by atoms with Crippen molar-refractivity contribution in [2.24, 2.45) is 0 Å². The second-order valence-electron chi connectivity index (χ2n) is 12.5. The molecule has 0 bridgehead atoms. The van der Waals surface area contributed by atoms with E-state index in [2.05, 4.69) is 16.0 Å². The molecule has 0 aliphatic carbocycles.